The van der Waals surface area contributed by atoms with E-state index in [0.717, 1.165) is 23.6 Å². The van der Waals surface area contributed by atoms with Gasteiger partial charge in [-0.3, -0.25) is 4.39 Å². The van der Waals surface area contributed by atoms with Gasteiger partial charge in [-0.15, -0.1) is 0 Å². The summed E-state index contributed by atoms with van der Waals surface area (Å²) in [6.07, 6.45) is 0.560. The van der Waals surface area contributed by atoms with E-state index in [1.807, 2.05) is 18.2 Å². The summed E-state index contributed by atoms with van der Waals surface area (Å²) < 4.78 is 22.8. The highest BCUT2D eigenvalue weighted by Crippen LogP contribution is 2.30. The Hall–Kier alpha value is -1.29. The van der Waals surface area contributed by atoms with Crippen LogP contribution in [0.3, 0.4) is 0 Å². The SMILES string of the molecule is FCCCNCc1ccc2c(c1)OCCO2. The topological polar surface area (TPSA) is 30.5 Å². The molecule has 0 saturated heterocycles. The monoisotopic (exact) mass is 225 g/mol. The Kier molecular flexibility index (Phi) is 3.99. The molecule has 0 aromatic heterocycles. The number of hydrogen-bond donors (Lipinski definition) is 1. The van der Waals surface area contributed by atoms with Crippen molar-refractivity contribution in [3.8, 4) is 11.5 Å². The van der Waals surface area contributed by atoms with Gasteiger partial charge in [0.2, 0.25) is 0 Å². The normalized spacial score (nSPS) is 13.8. The minimum absolute atomic E-state index is 0.270. The molecule has 0 atom stereocenters. The van der Waals surface area contributed by atoms with Crippen LogP contribution in [-0.4, -0.2) is 26.4 Å². The van der Waals surface area contributed by atoms with Crippen LogP contribution in [0.25, 0.3) is 0 Å². The van der Waals surface area contributed by atoms with E-state index in [0.29, 0.717) is 26.2 Å². The fourth-order valence-corrected chi connectivity index (χ4v) is 1.62. The lowest BCUT2D eigenvalue weighted by Crippen LogP contribution is -2.17. The highest BCUT2D eigenvalue weighted by atomic mass is 19.1. The van der Waals surface area contributed by atoms with Gasteiger partial charge in [0.1, 0.15) is 13.2 Å². The molecule has 88 valence electrons. The van der Waals surface area contributed by atoms with Crippen LogP contribution in [0.15, 0.2) is 18.2 Å². The molecular weight excluding hydrogens is 209 g/mol. The standard InChI is InChI=1S/C12H16FNO2/c13-4-1-5-14-9-10-2-3-11-12(8-10)16-7-6-15-11/h2-3,8,14H,1,4-7,9H2. The molecule has 1 aliphatic heterocycles. The molecule has 4 heteroatoms. The quantitative estimate of drug-likeness (QED) is 0.776. The minimum Gasteiger partial charge on any atom is -0.486 e. The van der Waals surface area contributed by atoms with Crippen molar-refractivity contribution in [2.75, 3.05) is 26.4 Å². The Morgan fingerprint density at radius 2 is 2.00 bits per heavy atom. The van der Waals surface area contributed by atoms with Gasteiger partial charge in [0.25, 0.3) is 0 Å². The van der Waals surface area contributed by atoms with Crippen molar-refractivity contribution in [3.05, 3.63) is 23.8 Å². The molecule has 1 N–H and O–H groups in total. The molecule has 0 spiro atoms. The third-order valence-corrected chi connectivity index (χ3v) is 2.42. The van der Waals surface area contributed by atoms with Crippen molar-refractivity contribution in [2.24, 2.45) is 0 Å². The van der Waals surface area contributed by atoms with Gasteiger partial charge >= 0.3 is 0 Å². The fraction of sp³-hybridized carbons (Fsp3) is 0.500. The second-order valence-corrected chi connectivity index (χ2v) is 3.70. The predicted molar refractivity (Wildman–Crippen MR) is 59.7 cm³/mol. The van der Waals surface area contributed by atoms with Crippen LogP contribution in [0.1, 0.15) is 12.0 Å². The van der Waals surface area contributed by atoms with Crippen LogP contribution in [-0.2, 0) is 6.54 Å². The van der Waals surface area contributed by atoms with Crippen molar-refractivity contribution in [1.82, 2.24) is 5.32 Å². The molecule has 0 saturated carbocycles. The van der Waals surface area contributed by atoms with Gasteiger partial charge in [-0.25, -0.2) is 0 Å². The van der Waals surface area contributed by atoms with Crippen molar-refractivity contribution in [3.63, 3.8) is 0 Å². The van der Waals surface area contributed by atoms with Gasteiger partial charge in [-0.05, 0) is 30.7 Å². The lowest BCUT2D eigenvalue weighted by atomic mass is 10.2. The second kappa shape index (κ2) is 5.70. The largest absolute Gasteiger partial charge is 0.486 e. The number of fused-ring (bicyclic) bond motifs is 1. The Morgan fingerprint density at radius 1 is 1.19 bits per heavy atom. The Morgan fingerprint density at radius 3 is 2.81 bits per heavy atom. The maximum Gasteiger partial charge on any atom is 0.161 e. The smallest absolute Gasteiger partial charge is 0.161 e. The maximum absolute atomic E-state index is 11.9. The molecule has 1 aliphatic rings. The third-order valence-electron chi connectivity index (χ3n) is 2.42. The summed E-state index contributed by atoms with van der Waals surface area (Å²) in [6.45, 7) is 2.38. The number of alkyl halides is 1. The van der Waals surface area contributed by atoms with E-state index in [9.17, 15) is 4.39 Å². The molecule has 0 amide bonds. The lowest BCUT2D eigenvalue weighted by molar-refractivity contribution is 0.171. The summed E-state index contributed by atoms with van der Waals surface area (Å²) in [5, 5.41) is 3.17. The van der Waals surface area contributed by atoms with Crippen LogP contribution in [0, 0.1) is 0 Å². The van der Waals surface area contributed by atoms with Gasteiger partial charge in [-0.2, -0.15) is 0 Å². The van der Waals surface area contributed by atoms with Gasteiger partial charge in [0.15, 0.2) is 11.5 Å². The van der Waals surface area contributed by atoms with Crippen LogP contribution in [0.5, 0.6) is 11.5 Å². The molecule has 0 radical (unpaired) electrons. The van der Waals surface area contributed by atoms with Crippen LogP contribution < -0.4 is 14.8 Å². The molecule has 0 unspecified atom stereocenters. The van der Waals surface area contributed by atoms with Crippen molar-refractivity contribution in [2.45, 2.75) is 13.0 Å². The first kappa shape index (κ1) is 11.2. The highest BCUT2D eigenvalue weighted by molar-refractivity contribution is 5.43. The second-order valence-electron chi connectivity index (χ2n) is 3.70. The molecular formula is C12H16FNO2. The maximum atomic E-state index is 11.9. The Bertz CT molecular complexity index is 344. The molecule has 1 aromatic rings. The molecule has 0 bridgehead atoms. The molecule has 1 aromatic carbocycles. The zero-order valence-corrected chi connectivity index (χ0v) is 9.17. The number of halogens is 1. The van der Waals surface area contributed by atoms with E-state index in [1.54, 1.807) is 0 Å². The summed E-state index contributed by atoms with van der Waals surface area (Å²) >= 11 is 0. The van der Waals surface area contributed by atoms with Gasteiger partial charge in [0.05, 0.1) is 6.67 Å². The van der Waals surface area contributed by atoms with Crippen molar-refractivity contribution >= 4 is 0 Å². The molecule has 0 aliphatic carbocycles. The van der Waals surface area contributed by atoms with E-state index in [2.05, 4.69) is 5.32 Å². The van der Waals surface area contributed by atoms with Gasteiger partial charge in [0, 0.05) is 6.54 Å². The summed E-state index contributed by atoms with van der Waals surface area (Å²) in [6, 6.07) is 5.88. The molecule has 3 nitrogen and oxygen atoms in total. The van der Waals surface area contributed by atoms with E-state index in [1.165, 1.54) is 0 Å². The van der Waals surface area contributed by atoms with Crippen LogP contribution in [0.4, 0.5) is 4.39 Å². The summed E-state index contributed by atoms with van der Waals surface area (Å²) in [5.74, 6) is 1.61. The van der Waals surface area contributed by atoms with Crippen molar-refractivity contribution < 1.29 is 13.9 Å². The minimum atomic E-state index is -0.270. The number of benzene rings is 1. The zero-order valence-electron chi connectivity index (χ0n) is 9.17. The summed E-state index contributed by atoms with van der Waals surface area (Å²) in [5.41, 5.74) is 1.13. The van der Waals surface area contributed by atoms with Crippen LogP contribution in [0.2, 0.25) is 0 Å². The molecule has 0 fully saturated rings. The van der Waals surface area contributed by atoms with Crippen molar-refractivity contribution in [1.29, 1.82) is 0 Å². The van der Waals surface area contributed by atoms with Crippen LogP contribution >= 0.6 is 0 Å². The molecule has 1 heterocycles. The predicted octanol–water partition coefficient (Wildman–Crippen LogP) is 1.91. The molecule has 16 heavy (non-hydrogen) atoms. The third kappa shape index (κ3) is 2.85. The van der Waals surface area contributed by atoms with E-state index < -0.39 is 0 Å². The van der Waals surface area contributed by atoms with Gasteiger partial charge in [-0.1, -0.05) is 6.07 Å². The number of nitrogens with one attached hydrogen (secondary N) is 1. The highest BCUT2D eigenvalue weighted by Gasteiger charge is 2.11. The van der Waals surface area contributed by atoms with E-state index >= 15 is 0 Å². The number of ether oxygens (including phenoxy) is 2. The van der Waals surface area contributed by atoms with E-state index in [-0.39, 0.29) is 6.67 Å². The lowest BCUT2D eigenvalue weighted by Gasteiger charge is -2.18. The number of rotatable bonds is 5. The molecule has 2 rings (SSSR count). The summed E-state index contributed by atoms with van der Waals surface area (Å²) in [7, 11) is 0. The Balaban J connectivity index is 1.90. The Labute approximate surface area is 94.6 Å². The zero-order chi connectivity index (χ0) is 11.2. The summed E-state index contributed by atoms with van der Waals surface area (Å²) in [4.78, 5) is 0. The number of hydrogen-bond acceptors (Lipinski definition) is 3. The van der Waals surface area contributed by atoms with E-state index in [4.69, 9.17) is 9.47 Å². The van der Waals surface area contributed by atoms with Gasteiger partial charge < -0.3 is 14.8 Å². The average Bonchev–Trinajstić information content (AvgIpc) is 2.34. The fourth-order valence-electron chi connectivity index (χ4n) is 1.62. The first-order valence-electron chi connectivity index (χ1n) is 5.55. The first-order chi connectivity index (χ1) is 7.90. The average molecular weight is 225 g/mol. The first-order valence-corrected chi connectivity index (χ1v) is 5.55.